The van der Waals surface area contributed by atoms with Crippen LogP contribution in [0.1, 0.15) is 37.7 Å². The largest absolute Gasteiger partial charge is 0.495 e. The van der Waals surface area contributed by atoms with Gasteiger partial charge in [0.15, 0.2) is 0 Å². The lowest BCUT2D eigenvalue weighted by Gasteiger charge is -2.34. The van der Waals surface area contributed by atoms with E-state index in [1.54, 1.807) is 11.9 Å². The van der Waals surface area contributed by atoms with Crippen LogP contribution in [0.2, 0.25) is 5.02 Å². The third kappa shape index (κ3) is 5.79. The maximum atomic E-state index is 13.6. The molecule has 0 saturated heterocycles. The van der Waals surface area contributed by atoms with Crippen LogP contribution in [0, 0.1) is 0 Å². The van der Waals surface area contributed by atoms with Gasteiger partial charge in [-0.1, -0.05) is 61.2 Å². The van der Waals surface area contributed by atoms with Crippen molar-refractivity contribution in [2.75, 3.05) is 20.7 Å². The average molecular weight is 465 g/mol. The van der Waals surface area contributed by atoms with E-state index in [4.69, 9.17) is 16.3 Å². The van der Waals surface area contributed by atoms with E-state index >= 15 is 0 Å². The van der Waals surface area contributed by atoms with Gasteiger partial charge in [0.2, 0.25) is 15.9 Å². The number of sulfonamides is 1. The van der Waals surface area contributed by atoms with E-state index in [0.717, 1.165) is 37.7 Å². The Bertz CT molecular complexity index is 992. The second kappa shape index (κ2) is 10.5. The molecule has 8 heteroatoms. The topological polar surface area (TPSA) is 66.9 Å². The Morgan fingerprint density at radius 2 is 1.77 bits per heavy atom. The summed E-state index contributed by atoms with van der Waals surface area (Å²) in [6.45, 7) is 0.229. The number of ether oxygens (including phenoxy) is 1. The fourth-order valence-electron chi connectivity index (χ4n) is 3.92. The number of carbonyl (C=O) groups is 1. The Labute approximate surface area is 189 Å². The molecule has 3 rings (SSSR count). The van der Waals surface area contributed by atoms with E-state index in [1.165, 1.54) is 29.6 Å². The summed E-state index contributed by atoms with van der Waals surface area (Å²) >= 11 is 6.19. The number of hydrogen-bond donors (Lipinski definition) is 0. The van der Waals surface area contributed by atoms with Crippen molar-refractivity contribution in [3.05, 3.63) is 59.1 Å². The van der Waals surface area contributed by atoms with Gasteiger partial charge in [-0.2, -0.15) is 4.31 Å². The zero-order valence-electron chi connectivity index (χ0n) is 18.0. The molecule has 1 saturated carbocycles. The van der Waals surface area contributed by atoms with Crippen molar-refractivity contribution in [2.24, 2.45) is 0 Å². The molecule has 0 aromatic heterocycles. The molecule has 0 heterocycles. The third-order valence-electron chi connectivity index (χ3n) is 5.69. The summed E-state index contributed by atoms with van der Waals surface area (Å²) in [5.41, 5.74) is 0.993. The number of benzene rings is 2. The van der Waals surface area contributed by atoms with Gasteiger partial charge in [-0.15, -0.1) is 0 Å². The summed E-state index contributed by atoms with van der Waals surface area (Å²) in [6.07, 6.45) is 4.49. The van der Waals surface area contributed by atoms with Crippen LogP contribution in [0.25, 0.3) is 0 Å². The number of nitrogens with zero attached hydrogens (tertiary/aromatic N) is 2. The molecule has 0 bridgehead atoms. The third-order valence-corrected chi connectivity index (χ3v) is 7.88. The van der Waals surface area contributed by atoms with Crippen molar-refractivity contribution >= 4 is 27.5 Å². The number of carbonyl (C=O) groups excluding carboxylic acids is 1. The van der Waals surface area contributed by atoms with Gasteiger partial charge in [-0.3, -0.25) is 4.79 Å². The molecule has 0 unspecified atom stereocenters. The number of hydrogen-bond acceptors (Lipinski definition) is 4. The Morgan fingerprint density at radius 3 is 2.39 bits per heavy atom. The van der Waals surface area contributed by atoms with Crippen LogP contribution < -0.4 is 4.74 Å². The first-order chi connectivity index (χ1) is 14.8. The van der Waals surface area contributed by atoms with Crippen LogP contribution in [0.4, 0.5) is 0 Å². The number of likely N-dealkylation sites (N-methyl/N-ethyl adjacent to an activating group) is 1. The zero-order valence-corrected chi connectivity index (χ0v) is 19.5. The quantitative estimate of drug-likeness (QED) is 0.583. The molecule has 0 aliphatic heterocycles. The molecule has 0 atom stereocenters. The predicted octanol–water partition coefficient (Wildman–Crippen LogP) is 4.33. The molecule has 31 heavy (non-hydrogen) atoms. The molecule has 2 aromatic rings. The number of halogens is 1. The minimum absolute atomic E-state index is 0.0717. The van der Waals surface area contributed by atoms with Crippen LogP contribution in [0.5, 0.6) is 5.75 Å². The fraction of sp³-hybridized carbons (Fsp3) is 0.435. The lowest BCUT2D eigenvalue weighted by molar-refractivity contribution is -0.131. The lowest BCUT2D eigenvalue weighted by atomic mass is 9.95. The van der Waals surface area contributed by atoms with E-state index in [2.05, 4.69) is 0 Å². The van der Waals surface area contributed by atoms with Gasteiger partial charge in [0.1, 0.15) is 5.75 Å². The van der Waals surface area contributed by atoms with Gasteiger partial charge in [0.25, 0.3) is 0 Å². The first-order valence-corrected chi connectivity index (χ1v) is 12.3. The molecule has 6 nitrogen and oxygen atoms in total. The van der Waals surface area contributed by atoms with Gasteiger partial charge in [-0.05, 0) is 36.6 Å². The highest BCUT2D eigenvalue weighted by Gasteiger charge is 2.35. The smallest absolute Gasteiger partial charge is 0.243 e. The van der Waals surface area contributed by atoms with Gasteiger partial charge in [0.05, 0.1) is 23.6 Å². The Morgan fingerprint density at radius 1 is 1.10 bits per heavy atom. The number of amides is 1. The van der Waals surface area contributed by atoms with Crippen LogP contribution in [0.3, 0.4) is 0 Å². The Balaban J connectivity index is 1.85. The van der Waals surface area contributed by atoms with Gasteiger partial charge < -0.3 is 9.64 Å². The highest BCUT2D eigenvalue weighted by Crippen LogP contribution is 2.32. The molecule has 0 spiro atoms. The summed E-state index contributed by atoms with van der Waals surface area (Å²) < 4.78 is 33.6. The normalized spacial score (nSPS) is 15.1. The minimum atomic E-state index is -3.90. The van der Waals surface area contributed by atoms with Crippen LogP contribution in [0.15, 0.2) is 53.4 Å². The fourth-order valence-corrected chi connectivity index (χ4v) is 5.91. The predicted molar refractivity (Wildman–Crippen MR) is 122 cm³/mol. The molecule has 1 amide bonds. The van der Waals surface area contributed by atoms with E-state index in [1.807, 2.05) is 30.3 Å². The van der Waals surface area contributed by atoms with Gasteiger partial charge in [0, 0.05) is 19.6 Å². The zero-order chi connectivity index (χ0) is 22.4. The molecule has 1 fully saturated rings. The molecule has 2 aromatic carbocycles. The molecular weight excluding hydrogens is 436 g/mol. The summed E-state index contributed by atoms with van der Waals surface area (Å²) in [4.78, 5) is 14.7. The molecule has 0 N–H and O–H groups in total. The van der Waals surface area contributed by atoms with Gasteiger partial charge >= 0.3 is 0 Å². The summed E-state index contributed by atoms with van der Waals surface area (Å²) in [5, 5.41) is 0.222. The average Bonchev–Trinajstić information content (AvgIpc) is 2.78. The van der Waals surface area contributed by atoms with E-state index < -0.39 is 10.0 Å². The van der Waals surface area contributed by atoms with Gasteiger partial charge in [-0.25, -0.2) is 8.42 Å². The molecule has 0 radical (unpaired) electrons. The standard InChI is InChI=1S/C23H29ClN2O4S/c1-25(16-18-9-5-3-6-10-18)23(27)17-26(19-11-7-4-8-12-19)31(28,29)20-13-14-22(30-2)21(24)15-20/h3,5-6,9-10,13-15,19H,4,7-8,11-12,16-17H2,1-2H3. The first kappa shape index (κ1) is 23.6. The highest BCUT2D eigenvalue weighted by atomic mass is 35.5. The molecule has 1 aliphatic rings. The van der Waals surface area contributed by atoms with Crippen molar-refractivity contribution in [2.45, 2.75) is 49.6 Å². The highest BCUT2D eigenvalue weighted by molar-refractivity contribution is 7.89. The maximum Gasteiger partial charge on any atom is 0.243 e. The molecule has 1 aliphatic carbocycles. The summed E-state index contributed by atoms with van der Waals surface area (Å²) in [5.74, 6) is 0.168. The van der Waals surface area contributed by atoms with E-state index in [9.17, 15) is 13.2 Å². The monoisotopic (exact) mass is 464 g/mol. The van der Waals surface area contributed by atoms with E-state index in [0.29, 0.717) is 12.3 Å². The second-order valence-electron chi connectivity index (χ2n) is 7.87. The minimum Gasteiger partial charge on any atom is -0.495 e. The van der Waals surface area contributed by atoms with Crippen LogP contribution in [-0.2, 0) is 21.4 Å². The maximum absolute atomic E-state index is 13.6. The van der Waals surface area contributed by atoms with Crippen molar-refractivity contribution in [3.63, 3.8) is 0 Å². The summed E-state index contributed by atoms with van der Waals surface area (Å²) in [6, 6.07) is 13.9. The van der Waals surface area contributed by atoms with Crippen molar-refractivity contribution in [1.82, 2.24) is 9.21 Å². The number of rotatable bonds is 8. The van der Waals surface area contributed by atoms with Crippen LogP contribution in [-0.4, -0.2) is 50.3 Å². The van der Waals surface area contributed by atoms with Crippen molar-refractivity contribution in [1.29, 1.82) is 0 Å². The lowest BCUT2D eigenvalue weighted by Crippen LogP contribution is -2.47. The second-order valence-corrected chi connectivity index (χ2v) is 10.2. The number of methoxy groups -OCH3 is 1. The Hall–Kier alpha value is -2.09. The SMILES string of the molecule is COc1ccc(S(=O)(=O)N(CC(=O)N(C)Cc2ccccc2)C2CCCCC2)cc1Cl. The van der Waals surface area contributed by atoms with E-state index in [-0.39, 0.29) is 28.4 Å². The molecule has 168 valence electrons. The summed E-state index contributed by atoms with van der Waals surface area (Å²) in [7, 11) is -0.727. The van der Waals surface area contributed by atoms with Crippen molar-refractivity contribution in [3.8, 4) is 5.75 Å². The molecular formula is C23H29ClN2O4S. The first-order valence-electron chi connectivity index (χ1n) is 10.5. The van der Waals surface area contributed by atoms with Crippen molar-refractivity contribution < 1.29 is 17.9 Å². The Kier molecular flexibility index (Phi) is 7.97. The van der Waals surface area contributed by atoms with Crippen LogP contribution >= 0.6 is 11.6 Å².